The van der Waals surface area contributed by atoms with E-state index in [2.05, 4.69) is 28.9 Å². The Labute approximate surface area is 119 Å². The number of pyridine rings is 1. The summed E-state index contributed by atoms with van der Waals surface area (Å²) in [5.74, 6) is 0.801. The van der Waals surface area contributed by atoms with Crippen LogP contribution >= 0.6 is 11.6 Å². The first kappa shape index (κ1) is 13.7. The van der Waals surface area contributed by atoms with Crippen LogP contribution in [0.2, 0.25) is 5.02 Å². The molecule has 100 valence electrons. The van der Waals surface area contributed by atoms with Crippen molar-refractivity contribution < 1.29 is 0 Å². The van der Waals surface area contributed by atoms with Crippen LogP contribution in [0, 0.1) is 0 Å². The maximum absolute atomic E-state index is 6.02. The fraction of sp³-hybridized carbons (Fsp3) is 0.267. The molecular weight excluding hydrogens is 258 g/mol. The van der Waals surface area contributed by atoms with Gasteiger partial charge in [0.15, 0.2) is 5.82 Å². The molecule has 2 aromatic rings. The third-order valence-electron chi connectivity index (χ3n) is 2.87. The lowest BCUT2D eigenvalue weighted by Gasteiger charge is -2.24. The molecule has 2 rings (SSSR count). The summed E-state index contributed by atoms with van der Waals surface area (Å²) in [7, 11) is 0. The number of aromatic nitrogens is 1. The third-order valence-corrected chi connectivity index (χ3v) is 3.08. The average molecular weight is 276 g/mol. The van der Waals surface area contributed by atoms with Gasteiger partial charge in [0.2, 0.25) is 0 Å². The predicted molar refractivity (Wildman–Crippen MR) is 81.4 cm³/mol. The van der Waals surface area contributed by atoms with Crippen LogP contribution in [-0.2, 0) is 6.54 Å². The fourth-order valence-electron chi connectivity index (χ4n) is 2.05. The number of nitrogens with two attached hydrogens (primary N) is 1. The second kappa shape index (κ2) is 6.43. The number of halogens is 1. The number of benzene rings is 1. The van der Waals surface area contributed by atoms with Crippen molar-refractivity contribution in [3.63, 3.8) is 0 Å². The fourth-order valence-corrected chi connectivity index (χ4v) is 2.21. The molecule has 0 aliphatic carbocycles. The zero-order chi connectivity index (χ0) is 13.7. The number of anilines is 2. The van der Waals surface area contributed by atoms with Crippen LogP contribution in [0.1, 0.15) is 18.9 Å². The van der Waals surface area contributed by atoms with Gasteiger partial charge in [0.1, 0.15) is 0 Å². The molecule has 1 aromatic heterocycles. The number of rotatable bonds is 5. The van der Waals surface area contributed by atoms with Gasteiger partial charge in [0.25, 0.3) is 0 Å². The van der Waals surface area contributed by atoms with Crippen LogP contribution in [0.4, 0.5) is 11.5 Å². The van der Waals surface area contributed by atoms with Gasteiger partial charge >= 0.3 is 0 Å². The predicted octanol–water partition coefficient (Wildman–Crippen LogP) is 3.73. The van der Waals surface area contributed by atoms with E-state index in [1.807, 2.05) is 18.2 Å². The molecule has 1 heterocycles. The van der Waals surface area contributed by atoms with Gasteiger partial charge in [0, 0.05) is 19.3 Å². The second-order valence-electron chi connectivity index (χ2n) is 4.47. The van der Waals surface area contributed by atoms with Gasteiger partial charge in [-0.3, -0.25) is 0 Å². The molecule has 3 nitrogen and oxygen atoms in total. The van der Waals surface area contributed by atoms with Crippen molar-refractivity contribution in [1.29, 1.82) is 0 Å². The van der Waals surface area contributed by atoms with Gasteiger partial charge in [-0.1, -0.05) is 48.9 Å². The van der Waals surface area contributed by atoms with E-state index in [0.29, 0.717) is 10.7 Å². The Morgan fingerprint density at radius 1 is 1.26 bits per heavy atom. The first-order valence-electron chi connectivity index (χ1n) is 6.40. The minimum Gasteiger partial charge on any atom is -0.396 e. The summed E-state index contributed by atoms with van der Waals surface area (Å²) in [5, 5.41) is 0.567. The highest BCUT2D eigenvalue weighted by Crippen LogP contribution is 2.25. The molecule has 1 aromatic carbocycles. The molecule has 0 aliphatic heterocycles. The molecule has 0 saturated carbocycles. The molecule has 0 unspecified atom stereocenters. The molecule has 0 saturated heterocycles. The first-order chi connectivity index (χ1) is 9.20. The Kier molecular flexibility index (Phi) is 4.63. The highest BCUT2D eigenvalue weighted by molar-refractivity contribution is 6.30. The first-order valence-corrected chi connectivity index (χ1v) is 6.78. The minimum atomic E-state index is 0.567. The van der Waals surface area contributed by atoms with E-state index in [0.717, 1.165) is 25.3 Å². The van der Waals surface area contributed by atoms with Gasteiger partial charge < -0.3 is 10.6 Å². The number of hydrogen-bond donors (Lipinski definition) is 1. The zero-order valence-corrected chi connectivity index (χ0v) is 11.8. The maximum Gasteiger partial charge on any atom is 0.152 e. The Balaban J connectivity index is 2.24. The Bertz CT molecular complexity index is 528. The monoisotopic (exact) mass is 275 g/mol. The number of nitrogen functional groups attached to an aromatic ring is 1. The van der Waals surface area contributed by atoms with E-state index in [9.17, 15) is 0 Å². The van der Waals surface area contributed by atoms with Crippen LogP contribution in [0.15, 0.2) is 42.6 Å². The third kappa shape index (κ3) is 3.61. The minimum absolute atomic E-state index is 0.567. The summed E-state index contributed by atoms with van der Waals surface area (Å²) in [6.07, 6.45) is 2.68. The summed E-state index contributed by atoms with van der Waals surface area (Å²) in [5.41, 5.74) is 7.88. The topological polar surface area (TPSA) is 42.2 Å². The summed E-state index contributed by atoms with van der Waals surface area (Å²) in [6, 6.07) is 12.1. The van der Waals surface area contributed by atoms with Gasteiger partial charge in [-0.25, -0.2) is 4.98 Å². The molecule has 0 spiro atoms. The largest absolute Gasteiger partial charge is 0.396 e. The molecule has 0 fully saturated rings. The average Bonchev–Trinajstić information content (AvgIpc) is 2.39. The highest BCUT2D eigenvalue weighted by Gasteiger charge is 2.11. The highest BCUT2D eigenvalue weighted by atomic mass is 35.5. The van der Waals surface area contributed by atoms with E-state index in [1.54, 1.807) is 12.3 Å². The lowest BCUT2D eigenvalue weighted by Crippen LogP contribution is -2.25. The van der Waals surface area contributed by atoms with E-state index >= 15 is 0 Å². The summed E-state index contributed by atoms with van der Waals surface area (Å²) in [4.78, 5) is 6.54. The Morgan fingerprint density at radius 2 is 2.00 bits per heavy atom. The lowest BCUT2D eigenvalue weighted by atomic mass is 10.2. The van der Waals surface area contributed by atoms with E-state index in [4.69, 9.17) is 17.3 Å². The molecule has 0 bridgehead atoms. The SMILES string of the molecule is CCCN(Cc1ccccc1)c1ncc(Cl)cc1N. The van der Waals surface area contributed by atoms with Crippen molar-refractivity contribution in [1.82, 2.24) is 4.98 Å². The van der Waals surface area contributed by atoms with E-state index in [-0.39, 0.29) is 0 Å². The summed E-state index contributed by atoms with van der Waals surface area (Å²) >= 11 is 5.90. The van der Waals surface area contributed by atoms with Crippen molar-refractivity contribution in [3.8, 4) is 0 Å². The van der Waals surface area contributed by atoms with Crippen molar-refractivity contribution in [2.75, 3.05) is 17.2 Å². The zero-order valence-electron chi connectivity index (χ0n) is 11.0. The van der Waals surface area contributed by atoms with Crippen LogP contribution in [-0.4, -0.2) is 11.5 Å². The van der Waals surface area contributed by atoms with Gasteiger partial charge in [-0.15, -0.1) is 0 Å². The lowest BCUT2D eigenvalue weighted by molar-refractivity contribution is 0.756. The standard InChI is InChI=1S/C15H18ClN3/c1-2-8-19(11-12-6-4-3-5-7-12)15-14(17)9-13(16)10-18-15/h3-7,9-10H,2,8,11,17H2,1H3. The quantitative estimate of drug-likeness (QED) is 0.904. The van der Waals surface area contributed by atoms with Crippen molar-refractivity contribution in [2.45, 2.75) is 19.9 Å². The van der Waals surface area contributed by atoms with Crippen LogP contribution in [0.5, 0.6) is 0 Å². The molecule has 4 heteroatoms. The smallest absolute Gasteiger partial charge is 0.152 e. The van der Waals surface area contributed by atoms with Gasteiger partial charge in [-0.05, 0) is 18.1 Å². The molecular formula is C15H18ClN3. The van der Waals surface area contributed by atoms with Gasteiger partial charge in [0.05, 0.1) is 10.7 Å². The van der Waals surface area contributed by atoms with E-state index in [1.165, 1.54) is 5.56 Å². The molecule has 0 atom stereocenters. The van der Waals surface area contributed by atoms with E-state index < -0.39 is 0 Å². The van der Waals surface area contributed by atoms with Crippen LogP contribution in [0.25, 0.3) is 0 Å². The molecule has 0 aliphatic rings. The second-order valence-corrected chi connectivity index (χ2v) is 4.91. The maximum atomic E-state index is 6.02. The molecule has 19 heavy (non-hydrogen) atoms. The van der Waals surface area contributed by atoms with Crippen molar-refractivity contribution in [2.24, 2.45) is 0 Å². The van der Waals surface area contributed by atoms with Crippen LogP contribution < -0.4 is 10.6 Å². The van der Waals surface area contributed by atoms with Crippen molar-refractivity contribution in [3.05, 3.63) is 53.2 Å². The molecule has 0 amide bonds. The molecule has 0 radical (unpaired) electrons. The van der Waals surface area contributed by atoms with Crippen LogP contribution in [0.3, 0.4) is 0 Å². The number of hydrogen-bond acceptors (Lipinski definition) is 3. The molecule has 2 N–H and O–H groups in total. The summed E-state index contributed by atoms with van der Waals surface area (Å²) in [6.45, 7) is 3.85. The summed E-state index contributed by atoms with van der Waals surface area (Å²) < 4.78 is 0. The normalized spacial score (nSPS) is 10.4. The van der Waals surface area contributed by atoms with Crippen molar-refractivity contribution >= 4 is 23.1 Å². The Morgan fingerprint density at radius 3 is 2.63 bits per heavy atom. The van der Waals surface area contributed by atoms with Gasteiger partial charge in [-0.2, -0.15) is 0 Å². The number of nitrogens with zero attached hydrogens (tertiary/aromatic N) is 2. The Hall–Kier alpha value is -1.74.